The first-order valence-corrected chi connectivity index (χ1v) is 7.67. The number of nitrogens with one attached hydrogen (secondary N) is 1. The van der Waals surface area contributed by atoms with Crippen molar-refractivity contribution in [2.75, 3.05) is 11.6 Å². The topological polar surface area (TPSA) is 76.4 Å². The highest BCUT2D eigenvalue weighted by Crippen LogP contribution is 2.20. The molecular weight excluding hydrogens is 278 g/mol. The van der Waals surface area contributed by atoms with E-state index in [0.29, 0.717) is 5.76 Å². The Morgan fingerprint density at radius 2 is 1.95 bits per heavy atom. The molecule has 2 rings (SSSR count). The molecule has 0 aliphatic carbocycles. The lowest BCUT2D eigenvalue weighted by Crippen LogP contribution is -2.11. The zero-order valence-electron chi connectivity index (χ0n) is 10.7. The molecule has 0 spiro atoms. The van der Waals surface area contributed by atoms with Crippen molar-refractivity contribution < 1.29 is 17.6 Å². The van der Waals surface area contributed by atoms with Crippen LogP contribution >= 0.6 is 0 Å². The summed E-state index contributed by atoms with van der Waals surface area (Å²) in [6, 6.07) is 9.65. The second kappa shape index (κ2) is 5.75. The summed E-state index contributed by atoms with van der Waals surface area (Å²) in [5, 5.41) is 2.53. The Balaban J connectivity index is 2.17. The van der Waals surface area contributed by atoms with Gasteiger partial charge in [-0.3, -0.25) is 4.79 Å². The van der Waals surface area contributed by atoms with Crippen molar-refractivity contribution in [2.45, 2.75) is 4.90 Å². The SMILES string of the molecule is CS(=O)(=O)c1ccccc1NC(=O)C=Cc1ccco1. The van der Waals surface area contributed by atoms with Crippen LogP contribution in [0.2, 0.25) is 0 Å². The van der Waals surface area contributed by atoms with Crippen molar-refractivity contribution in [1.82, 2.24) is 0 Å². The average Bonchev–Trinajstić information content (AvgIpc) is 2.89. The molecule has 0 saturated carbocycles. The fraction of sp³-hybridized carbons (Fsp3) is 0.0714. The molecule has 0 fully saturated rings. The van der Waals surface area contributed by atoms with Crippen LogP contribution in [0.15, 0.2) is 58.1 Å². The van der Waals surface area contributed by atoms with Gasteiger partial charge in [0, 0.05) is 12.3 Å². The van der Waals surface area contributed by atoms with E-state index >= 15 is 0 Å². The van der Waals surface area contributed by atoms with Gasteiger partial charge in [0.15, 0.2) is 9.84 Å². The van der Waals surface area contributed by atoms with Gasteiger partial charge in [-0.15, -0.1) is 0 Å². The summed E-state index contributed by atoms with van der Waals surface area (Å²) in [6.07, 6.45) is 5.36. The van der Waals surface area contributed by atoms with E-state index in [1.165, 1.54) is 30.5 Å². The van der Waals surface area contributed by atoms with E-state index in [4.69, 9.17) is 4.42 Å². The van der Waals surface area contributed by atoms with E-state index in [0.717, 1.165) is 6.26 Å². The molecule has 1 aromatic heterocycles. The van der Waals surface area contributed by atoms with Crippen LogP contribution in [0.3, 0.4) is 0 Å². The maximum atomic E-state index is 11.8. The van der Waals surface area contributed by atoms with Crippen molar-refractivity contribution in [3.63, 3.8) is 0 Å². The molecule has 0 bridgehead atoms. The third-order valence-electron chi connectivity index (χ3n) is 2.49. The number of rotatable bonds is 4. The van der Waals surface area contributed by atoms with Crippen LogP contribution in [0.5, 0.6) is 0 Å². The number of para-hydroxylation sites is 1. The van der Waals surface area contributed by atoms with E-state index in [1.54, 1.807) is 24.3 Å². The summed E-state index contributed by atoms with van der Waals surface area (Å²) in [5.41, 5.74) is 0.254. The molecule has 6 heteroatoms. The lowest BCUT2D eigenvalue weighted by atomic mass is 10.3. The van der Waals surface area contributed by atoms with Gasteiger partial charge in [-0.25, -0.2) is 8.42 Å². The monoisotopic (exact) mass is 291 g/mol. The highest BCUT2D eigenvalue weighted by atomic mass is 32.2. The molecule has 1 aromatic carbocycles. The molecule has 1 heterocycles. The second-order valence-corrected chi connectivity index (χ2v) is 6.09. The Morgan fingerprint density at radius 3 is 2.60 bits per heavy atom. The zero-order chi connectivity index (χ0) is 14.6. The summed E-state index contributed by atoms with van der Waals surface area (Å²) in [6.45, 7) is 0. The molecule has 0 saturated heterocycles. The molecule has 104 valence electrons. The van der Waals surface area contributed by atoms with Crippen LogP contribution in [-0.2, 0) is 14.6 Å². The molecular formula is C14H13NO4S. The number of carbonyl (C=O) groups excluding carboxylic acids is 1. The molecule has 5 nitrogen and oxygen atoms in total. The molecule has 1 amide bonds. The third kappa shape index (κ3) is 3.58. The van der Waals surface area contributed by atoms with Gasteiger partial charge in [-0.1, -0.05) is 12.1 Å². The lowest BCUT2D eigenvalue weighted by molar-refractivity contribution is -0.111. The predicted molar refractivity (Wildman–Crippen MR) is 75.9 cm³/mol. The number of sulfone groups is 1. The highest BCUT2D eigenvalue weighted by molar-refractivity contribution is 7.90. The van der Waals surface area contributed by atoms with E-state index in [9.17, 15) is 13.2 Å². The Hall–Kier alpha value is -2.34. The predicted octanol–water partition coefficient (Wildman–Crippen LogP) is 2.33. The van der Waals surface area contributed by atoms with Gasteiger partial charge >= 0.3 is 0 Å². The van der Waals surface area contributed by atoms with E-state index in [2.05, 4.69) is 5.32 Å². The van der Waals surface area contributed by atoms with Crippen LogP contribution in [-0.4, -0.2) is 20.6 Å². The van der Waals surface area contributed by atoms with Gasteiger partial charge in [0.05, 0.1) is 16.8 Å². The smallest absolute Gasteiger partial charge is 0.248 e. The van der Waals surface area contributed by atoms with Crippen molar-refractivity contribution in [1.29, 1.82) is 0 Å². The lowest BCUT2D eigenvalue weighted by Gasteiger charge is -2.07. The molecule has 0 aliphatic heterocycles. The fourth-order valence-electron chi connectivity index (χ4n) is 1.61. The van der Waals surface area contributed by atoms with Crippen LogP contribution in [0, 0.1) is 0 Å². The van der Waals surface area contributed by atoms with Gasteiger partial charge in [-0.2, -0.15) is 0 Å². The molecule has 0 aliphatic rings. The number of hydrogen-bond acceptors (Lipinski definition) is 4. The van der Waals surface area contributed by atoms with Gasteiger partial charge in [0.25, 0.3) is 0 Å². The first kappa shape index (κ1) is 14.1. The Morgan fingerprint density at radius 1 is 1.20 bits per heavy atom. The van der Waals surface area contributed by atoms with E-state index < -0.39 is 15.7 Å². The minimum Gasteiger partial charge on any atom is -0.465 e. The Labute approximate surface area is 116 Å². The molecule has 20 heavy (non-hydrogen) atoms. The highest BCUT2D eigenvalue weighted by Gasteiger charge is 2.13. The molecule has 0 unspecified atom stereocenters. The van der Waals surface area contributed by atoms with Gasteiger partial charge in [0.1, 0.15) is 5.76 Å². The van der Waals surface area contributed by atoms with Crippen LogP contribution in [0.1, 0.15) is 5.76 Å². The van der Waals surface area contributed by atoms with Gasteiger partial charge in [-0.05, 0) is 30.3 Å². The number of hydrogen-bond donors (Lipinski definition) is 1. The average molecular weight is 291 g/mol. The molecule has 2 aromatic rings. The number of amides is 1. The first-order chi connectivity index (χ1) is 9.47. The van der Waals surface area contributed by atoms with E-state index in [1.807, 2.05) is 0 Å². The number of anilines is 1. The molecule has 0 radical (unpaired) electrons. The van der Waals surface area contributed by atoms with Gasteiger partial charge < -0.3 is 9.73 Å². The van der Waals surface area contributed by atoms with Crippen molar-refractivity contribution >= 4 is 27.5 Å². The second-order valence-electron chi connectivity index (χ2n) is 4.11. The number of benzene rings is 1. The summed E-state index contributed by atoms with van der Waals surface area (Å²) in [7, 11) is -3.39. The van der Waals surface area contributed by atoms with Crippen molar-refractivity contribution in [2.24, 2.45) is 0 Å². The largest absolute Gasteiger partial charge is 0.465 e. The van der Waals surface area contributed by atoms with Crippen LogP contribution < -0.4 is 5.32 Å². The molecule has 1 N–H and O–H groups in total. The minimum atomic E-state index is -3.39. The Bertz CT molecular complexity index is 730. The normalized spacial score (nSPS) is 11.7. The maximum absolute atomic E-state index is 11.8. The first-order valence-electron chi connectivity index (χ1n) is 5.78. The van der Waals surface area contributed by atoms with Gasteiger partial charge in [0.2, 0.25) is 5.91 Å². The minimum absolute atomic E-state index is 0.0831. The summed E-state index contributed by atoms with van der Waals surface area (Å²) in [5.74, 6) is 0.106. The standard InChI is InChI=1S/C14H13NO4S/c1-20(17,18)13-7-3-2-6-12(13)15-14(16)9-8-11-5-4-10-19-11/h2-10H,1H3,(H,15,16). The summed E-state index contributed by atoms with van der Waals surface area (Å²) < 4.78 is 28.2. The van der Waals surface area contributed by atoms with Crippen molar-refractivity contribution in [3.05, 3.63) is 54.5 Å². The zero-order valence-corrected chi connectivity index (χ0v) is 11.6. The Kier molecular flexibility index (Phi) is 4.05. The van der Waals surface area contributed by atoms with E-state index in [-0.39, 0.29) is 10.6 Å². The maximum Gasteiger partial charge on any atom is 0.248 e. The summed E-state index contributed by atoms with van der Waals surface area (Å²) in [4.78, 5) is 11.8. The summed E-state index contributed by atoms with van der Waals surface area (Å²) >= 11 is 0. The fourth-order valence-corrected chi connectivity index (χ4v) is 2.46. The van der Waals surface area contributed by atoms with Crippen molar-refractivity contribution in [3.8, 4) is 0 Å². The van der Waals surface area contributed by atoms with Crippen LogP contribution in [0.25, 0.3) is 6.08 Å². The molecule has 0 atom stereocenters. The number of carbonyl (C=O) groups is 1. The third-order valence-corrected chi connectivity index (χ3v) is 3.64. The van der Waals surface area contributed by atoms with Crippen LogP contribution in [0.4, 0.5) is 5.69 Å². The quantitative estimate of drug-likeness (QED) is 0.877. The number of furan rings is 1.